The van der Waals surface area contributed by atoms with Crippen molar-refractivity contribution in [3.05, 3.63) is 58.8 Å². The molecule has 1 amide bonds. The number of nitrogens with zero attached hydrogens (tertiary/aromatic N) is 2. The van der Waals surface area contributed by atoms with Gasteiger partial charge in [-0.15, -0.1) is 5.10 Å². The largest absolute Gasteiger partial charge is 0.468 e. The number of hydrogen-bond donors (Lipinski definition) is 2. The van der Waals surface area contributed by atoms with Crippen molar-refractivity contribution in [1.82, 2.24) is 15.9 Å². The van der Waals surface area contributed by atoms with Crippen LogP contribution in [-0.4, -0.2) is 22.1 Å². The maximum absolute atomic E-state index is 13.1. The lowest BCUT2D eigenvalue weighted by atomic mass is 10.1. The minimum absolute atomic E-state index is 0.0935. The van der Waals surface area contributed by atoms with E-state index in [1.165, 1.54) is 23.9 Å². The maximum Gasteiger partial charge on any atom is 0.264 e. The van der Waals surface area contributed by atoms with Gasteiger partial charge in [-0.05, 0) is 29.8 Å². The number of hydrazine groups is 1. The van der Waals surface area contributed by atoms with Gasteiger partial charge >= 0.3 is 0 Å². The third kappa shape index (κ3) is 3.24. The van der Waals surface area contributed by atoms with Crippen LogP contribution in [-0.2, 0) is 10.5 Å². The van der Waals surface area contributed by atoms with Gasteiger partial charge < -0.3 is 4.42 Å². The van der Waals surface area contributed by atoms with Crippen LogP contribution >= 0.6 is 23.4 Å². The zero-order valence-corrected chi connectivity index (χ0v) is 14.5. The second kappa shape index (κ2) is 6.70. The van der Waals surface area contributed by atoms with Crippen LogP contribution in [0.25, 0.3) is 0 Å². The van der Waals surface area contributed by atoms with E-state index < -0.39 is 0 Å². The van der Waals surface area contributed by atoms with E-state index in [0.717, 1.165) is 11.3 Å². The lowest BCUT2D eigenvalue weighted by molar-refractivity contribution is -0.125. The number of hydrogen-bond acceptors (Lipinski definition) is 6. The van der Waals surface area contributed by atoms with Crippen molar-refractivity contribution in [2.24, 2.45) is 5.10 Å². The molecule has 130 valence electrons. The Labute approximate surface area is 152 Å². The fourth-order valence-corrected chi connectivity index (χ4v) is 4.11. The smallest absolute Gasteiger partial charge is 0.264 e. The molecule has 1 aromatic carbocycles. The second-order valence-corrected chi connectivity index (χ2v) is 7.06. The molecule has 0 bridgehead atoms. The summed E-state index contributed by atoms with van der Waals surface area (Å²) in [5.74, 6) is 0.742. The molecular formula is C16H14ClFN4O2S. The normalized spacial score (nSPS) is 22.6. The molecule has 3 heterocycles. The average molecular weight is 381 g/mol. The van der Waals surface area contributed by atoms with Gasteiger partial charge in [-0.1, -0.05) is 29.4 Å². The average Bonchev–Trinajstić information content (AvgIpc) is 3.25. The van der Waals surface area contributed by atoms with Gasteiger partial charge in [0.2, 0.25) is 0 Å². The summed E-state index contributed by atoms with van der Waals surface area (Å²) in [4.78, 5) is 12.1. The van der Waals surface area contributed by atoms with Crippen molar-refractivity contribution in [2.75, 3.05) is 0 Å². The van der Waals surface area contributed by atoms with Gasteiger partial charge in [-0.2, -0.15) is 0 Å². The molecule has 4 rings (SSSR count). The first-order chi connectivity index (χ1) is 12.1. The monoisotopic (exact) mass is 380 g/mol. The Kier molecular flexibility index (Phi) is 4.41. The van der Waals surface area contributed by atoms with Crippen molar-refractivity contribution < 1.29 is 13.6 Å². The molecule has 0 spiro atoms. The molecule has 1 saturated heterocycles. The van der Waals surface area contributed by atoms with Gasteiger partial charge in [-0.25, -0.2) is 15.2 Å². The van der Waals surface area contributed by atoms with Crippen LogP contribution in [0.2, 0.25) is 5.02 Å². The van der Waals surface area contributed by atoms with E-state index in [0.29, 0.717) is 22.4 Å². The highest BCUT2D eigenvalue weighted by Gasteiger charge is 2.42. The predicted octanol–water partition coefficient (Wildman–Crippen LogP) is 3.03. The Bertz CT molecular complexity index is 830. The predicted molar refractivity (Wildman–Crippen MR) is 93.1 cm³/mol. The summed E-state index contributed by atoms with van der Waals surface area (Å²) < 4.78 is 18.6. The molecule has 2 aromatic rings. The first-order valence-electron chi connectivity index (χ1n) is 7.65. The molecule has 2 N–H and O–H groups in total. The van der Waals surface area contributed by atoms with Gasteiger partial charge in [-0.3, -0.25) is 9.80 Å². The molecule has 25 heavy (non-hydrogen) atoms. The molecule has 2 aliphatic rings. The summed E-state index contributed by atoms with van der Waals surface area (Å²) in [7, 11) is 0. The quantitative estimate of drug-likeness (QED) is 0.856. The van der Waals surface area contributed by atoms with Crippen molar-refractivity contribution >= 4 is 34.4 Å². The van der Waals surface area contributed by atoms with Crippen molar-refractivity contribution in [1.29, 1.82) is 0 Å². The summed E-state index contributed by atoms with van der Waals surface area (Å²) >= 11 is 7.48. The lowest BCUT2D eigenvalue weighted by Gasteiger charge is -2.29. The number of furan rings is 1. The maximum atomic E-state index is 13.1. The molecule has 2 aliphatic heterocycles. The second-order valence-electron chi connectivity index (χ2n) is 5.71. The van der Waals surface area contributed by atoms with Crippen LogP contribution in [0, 0.1) is 5.82 Å². The summed E-state index contributed by atoms with van der Waals surface area (Å²) in [6, 6.07) is 7.53. The van der Waals surface area contributed by atoms with E-state index in [4.69, 9.17) is 16.0 Å². The number of benzene rings is 1. The molecule has 2 unspecified atom stereocenters. The van der Waals surface area contributed by atoms with Gasteiger partial charge in [0.05, 0.1) is 12.3 Å². The zero-order valence-electron chi connectivity index (χ0n) is 12.9. The van der Waals surface area contributed by atoms with E-state index >= 15 is 0 Å². The first-order valence-corrected chi connectivity index (χ1v) is 9.01. The number of carbonyl (C=O) groups excluding carboxylic acids is 1. The standard InChI is InChI=1S/C16H14ClFN4O2S/c17-11-6-10(18)4-3-9(11)8-25-16-20-19-15(23)13-7-12(21-22(13)16)14-2-1-5-24-14/h1-6,12-13,21H,7-8H2,(H,19,23). The fraction of sp³-hybridized carbons (Fsp3) is 0.250. The van der Waals surface area contributed by atoms with Gasteiger partial charge in [0.25, 0.3) is 5.91 Å². The van der Waals surface area contributed by atoms with Crippen molar-refractivity contribution in [3.63, 3.8) is 0 Å². The Morgan fingerprint density at radius 2 is 2.32 bits per heavy atom. The third-order valence-corrected chi connectivity index (χ3v) is 5.45. The van der Waals surface area contributed by atoms with E-state index in [2.05, 4.69) is 16.0 Å². The molecule has 6 nitrogen and oxygen atoms in total. The summed E-state index contributed by atoms with van der Waals surface area (Å²) in [6.45, 7) is 0. The fourth-order valence-electron chi connectivity index (χ4n) is 2.84. The number of fused-ring (bicyclic) bond motifs is 1. The van der Waals surface area contributed by atoms with Gasteiger partial charge in [0, 0.05) is 17.2 Å². The molecule has 0 radical (unpaired) electrons. The molecule has 0 saturated carbocycles. The van der Waals surface area contributed by atoms with Crippen LogP contribution in [0.5, 0.6) is 0 Å². The number of hydrazone groups is 1. The van der Waals surface area contributed by atoms with Gasteiger partial charge in [0.15, 0.2) is 5.17 Å². The molecule has 1 aromatic heterocycles. The highest BCUT2D eigenvalue weighted by Crippen LogP contribution is 2.32. The number of rotatable bonds is 3. The van der Waals surface area contributed by atoms with Crippen LogP contribution in [0.1, 0.15) is 23.8 Å². The van der Waals surface area contributed by atoms with E-state index in [9.17, 15) is 9.18 Å². The van der Waals surface area contributed by atoms with Crippen LogP contribution in [0.15, 0.2) is 46.1 Å². The minimum atomic E-state index is -0.372. The number of amidine groups is 1. The Balaban J connectivity index is 1.49. The molecule has 0 aliphatic carbocycles. The first kappa shape index (κ1) is 16.4. The zero-order chi connectivity index (χ0) is 17.4. The lowest BCUT2D eigenvalue weighted by Crippen LogP contribution is -2.52. The topological polar surface area (TPSA) is 69.9 Å². The summed E-state index contributed by atoms with van der Waals surface area (Å²) in [5, 5.41) is 6.88. The highest BCUT2D eigenvalue weighted by molar-refractivity contribution is 8.13. The van der Waals surface area contributed by atoms with E-state index in [1.807, 2.05) is 12.1 Å². The Morgan fingerprint density at radius 1 is 1.44 bits per heavy atom. The molecule has 2 atom stereocenters. The summed E-state index contributed by atoms with van der Waals surface area (Å²) in [6.07, 6.45) is 2.19. The van der Waals surface area contributed by atoms with Crippen molar-refractivity contribution in [2.45, 2.75) is 24.3 Å². The summed E-state index contributed by atoms with van der Waals surface area (Å²) in [5.41, 5.74) is 6.62. The van der Waals surface area contributed by atoms with Gasteiger partial charge in [0.1, 0.15) is 17.6 Å². The Hall–Kier alpha value is -2.03. The van der Waals surface area contributed by atoms with E-state index in [1.54, 1.807) is 17.3 Å². The minimum Gasteiger partial charge on any atom is -0.468 e. The molecular weight excluding hydrogens is 367 g/mol. The third-order valence-electron chi connectivity index (χ3n) is 4.09. The number of amides is 1. The molecule has 1 fully saturated rings. The number of carbonyl (C=O) groups is 1. The molecule has 9 heteroatoms. The van der Waals surface area contributed by atoms with E-state index in [-0.39, 0.29) is 23.8 Å². The van der Waals surface area contributed by atoms with Crippen LogP contribution < -0.4 is 10.9 Å². The van der Waals surface area contributed by atoms with Crippen molar-refractivity contribution in [3.8, 4) is 0 Å². The highest BCUT2D eigenvalue weighted by atomic mass is 35.5. The SMILES string of the molecule is O=C1NN=C(SCc2ccc(F)cc2Cl)N2NC(c3ccco3)CC12. The van der Waals surface area contributed by atoms with Crippen LogP contribution in [0.3, 0.4) is 0 Å². The van der Waals surface area contributed by atoms with Crippen LogP contribution in [0.4, 0.5) is 4.39 Å². The Morgan fingerprint density at radius 3 is 3.08 bits per heavy atom. The number of thioether (sulfide) groups is 1. The number of halogens is 2. The number of nitrogens with one attached hydrogen (secondary N) is 2.